The molecule has 230 valence electrons. The lowest BCUT2D eigenvalue weighted by atomic mass is 10.0. The lowest BCUT2D eigenvalue weighted by Gasteiger charge is -2.22. The molecule has 0 saturated carbocycles. The van der Waals surface area contributed by atoms with Crippen molar-refractivity contribution in [3.8, 4) is 17.2 Å². The summed E-state index contributed by atoms with van der Waals surface area (Å²) >= 11 is 0. The molecular weight excluding hydrogens is 588 g/mol. The summed E-state index contributed by atoms with van der Waals surface area (Å²) in [7, 11) is -4.66. The van der Waals surface area contributed by atoms with Gasteiger partial charge in [0.25, 0.3) is 0 Å². The number of ether oxygens (including phenoxy) is 3. The Labute approximate surface area is 259 Å². The van der Waals surface area contributed by atoms with Crippen LogP contribution in [0.25, 0.3) is 10.5 Å². The zero-order chi connectivity index (χ0) is 30.7. The van der Waals surface area contributed by atoms with Gasteiger partial charge in [0.2, 0.25) is 0 Å². The standard InChI is InChI=1S/C34H39ClO7S/c1-4-6-8-22-40-31-18-12-27(13-19-31)33-24-29(26-10-16-30(39-3)17-11-26)25-34(43(33)42-35(36,37)38)28-14-20-32(21-15-28)41-23-9-7-5-2/h10-21,24-25H,4-9,22-23H2,1-3H3. The summed E-state index contributed by atoms with van der Waals surface area (Å²) in [4.78, 5) is 1.13. The Morgan fingerprint density at radius 3 is 1.58 bits per heavy atom. The average Bonchev–Trinajstić information content (AvgIpc) is 3.01. The summed E-state index contributed by atoms with van der Waals surface area (Å²) in [6.45, 7) is 5.53. The van der Waals surface area contributed by atoms with Crippen LogP contribution in [0.4, 0.5) is 0 Å². The van der Waals surface area contributed by atoms with Crippen LogP contribution in [-0.4, -0.2) is 25.2 Å². The van der Waals surface area contributed by atoms with Gasteiger partial charge in [-0.1, -0.05) is 75.9 Å². The highest BCUT2D eigenvalue weighted by Gasteiger charge is 2.32. The maximum Gasteiger partial charge on any atom is 0.148 e. The molecule has 3 aromatic rings. The maximum atomic E-state index is 12.0. The molecule has 0 bridgehead atoms. The summed E-state index contributed by atoms with van der Waals surface area (Å²) in [6, 6.07) is 22.4. The van der Waals surface area contributed by atoms with Gasteiger partial charge in [-0.3, -0.25) is 0 Å². The third kappa shape index (κ3) is 9.69. The second-order valence-corrected chi connectivity index (χ2v) is 12.7. The summed E-state index contributed by atoms with van der Waals surface area (Å²) in [5, 5.41) is 0. The maximum absolute atomic E-state index is 12.0. The highest BCUT2D eigenvalue weighted by molar-refractivity contribution is 8.20. The Kier molecular flexibility index (Phi) is 12.3. The van der Waals surface area contributed by atoms with Gasteiger partial charge in [-0.2, -0.15) is 14.0 Å². The van der Waals surface area contributed by atoms with Gasteiger partial charge in [0.15, 0.2) is 0 Å². The molecule has 7 nitrogen and oxygen atoms in total. The van der Waals surface area contributed by atoms with Crippen molar-refractivity contribution in [2.45, 2.75) is 52.4 Å². The molecule has 3 aromatic carbocycles. The lowest BCUT2D eigenvalue weighted by molar-refractivity contribution is -1.91. The number of hydrogen-bond donors (Lipinski definition) is 0. The smallest absolute Gasteiger partial charge is 0.148 e. The van der Waals surface area contributed by atoms with Crippen molar-refractivity contribution in [3.63, 3.8) is 0 Å². The molecule has 0 aromatic heterocycles. The number of halogens is 1. The molecule has 1 aliphatic heterocycles. The van der Waals surface area contributed by atoms with Crippen LogP contribution in [0.3, 0.4) is 0 Å². The molecule has 0 radical (unpaired) electrons. The zero-order valence-corrected chi connectivity index (χ0v) is 26.5. The molecule has 9 heteroatoms. The highest BCUT2D eigenvalue weighted by atomic mass is 35.7. The zero-order valence-electron chi connectivity index (χ0n) is 24.9. The Morgan fingerprint density at radius 1 is 0.605 bits per heavy atom. The van der Waals surface area contributed by atoms with E-state index in [0.29, 0.717) is 23.0 Å². The molecule has 1 atom stereocenters. The largest absolute Gasteiger partial charge is 0.497 e. The van der Waals surface area contributed by atoms with Crippen LogP contribution >= 0.6 is 10.8 Å². The number of rotatable bonds is 16. The van der Waals surface area contributed by atoms with E-state index in [2.05, 4.69) is 13.8 Å². The molecular formula is C34H39ClO7S. The van der Waals surface area contributed by atoms with Crippen LogP contribution in [0, 0.1) is 10.2 Å². The van der Waals surface area contributed by atoms with E-state index in [1.165, 1.54) is 0 Å². The van der Waals surface area contributed by atoms with Gasteiger partial charge in [-0.05, 0) is 83.7 Å². The van der Waals surface area contributed by atoms with Gasteiger partial charge in [0, 0.05) is 0 Å². The molecule has 0 spiro atoms. The van der Waals surface area contributed by atoms with Crippen molar-refractivity contribution in [2.24, 2.45) is 0 Å². The van der Waals surface area contributed by atoms with E-state index in [1.54, 1.807) is 7.11 Å². The topological polar surface area (TPSA) is 106 Å². The number of allylic oxidation sites excluding steroid dienone is 3. The Hall–Kier alpha value is -3.11. The van der Waals surface area contributed by atoms with Crippen LogP contribution in [0.5, 0.6) is 17.2 Å². The molecule has 1 unspecified atom stereocenters. The first-order chi connectivity index (χ1) is 20.8. The fourth-order valence-corrected chi connectivity index (χ4v) is 7.11. The van der Waals surface area contributed by atoms with Crippen LogP contribution in [0.15, 0.2) is 84.9 Å². The van der Waals surface area contributed by atoms with Gasteiger partial charge in [-0.25, -0.2) is 0 Å². The number of unbranched alkanes of at least 4 members (excludes halogenated alkanes) is 4. The molecule has 0 N–H and O–H groups in total. The molecule has 1 aliphatic rings. The van der Waals surface area contributed by atoms with Crippen molar-refractivity contribution >= 4 is 26.1 Å². The summed E-state index contributed by atoms with van der Waals surface area (Å²) in [5.74, 6) is 2.16. The van der Waals surface area contributed by atoms with Gasteiger partial charge in [-0.15, -0.1) is 0 Å². The van der Waals surface area contributed by atoms with E-state index in [-0.39, 0.29) is 0 Å². The quantitative estimate of drug-likeness (QED) is 0.151. The minimum Gasteiger partial charge on any atom is -0.497 e. The van der Waals surface area contributed by atoms with Crippen molar-refractivity contribution < 1.29 is 42.2 Å². The molecule has 0 fully saturated rings. The second kappa shape index (κ2) is 16.1. The number of methoxy groups -OCH3 is 1. The normalized spacial score (nSPS) is 15.1. The summed E-state index contributed by atoms with van der Waals surface area (Å²) in [6.07, 6.45) is 10.1. The van der Waals surface area contributed by atoms with Crippen molar-refractivity contribution in [1.29, 1.82) is 0 Å². The monoisotopic (exact) mass is 626 g/mol. The first kappa shape index (κ1) is 32.8. The second-order valence-electron chi connectivity index (χ2n) is 10.1. The molecule has 0 saturated heterocycles. The fourth-order valence-electron chi connectivity index (χ4n) is 4.54. The first-order valence-corrected chi connectivity index (χ1v) is 17.0. The predicted molar refractivity (Wildman–Crippen MR) is 165 cm³/mol. The van der Waals surface area contributed by atoms with E-state index in [0.717, 1.165) is 78.0 Å². The van der Waals surface area contributed by atoms with Crippen LogP contribution < -0.4 is 28.2 Å². The fraction of sp³-hybridized carbons (Fsp3) is 0.324. The SMILES string of the molecule is CCCCCOc1ccc(C2=CC(c3ccc(OC)cc3)=CC(c3ccc(OCCCCC)cc3)=S2O[Cl+3]([O-])([O-])[O-])cc1. The van der Waals surface area contributed by atoms with E-state index in [9.17, 15) is 14.0 Å². The first-order valence-electron chi connectivity index (χ1n) is 14.6. The van der Waals surface area contributed by atoms with Gasteiger partial charge >= 0.3 is 0 Å². The molecule has 43 heavy (non-hydrogen) atoms. The lowest BCUT2D eigenvalue weighted by Crippen LogP contribution is -2.60. The summed E-state index contributed by atoms with van der Waals surface area (Å²) < 4.78 is 58.4. The molecule has 1 heterocycles. The Bertz CT molecular complexity index is 1410. The van der Waals surface area contributed by atoms with Crippen LogP contribution in [-0.2, 0) is 3.74 Å². The van der Waals surface area contributed by atoms with Gasteiger partial charge < -0.3 is 14.2 Å². The summed E-state index contributed by atoms with van der Waals surface area (Å²) in [5.41, 5.74) is 3.17. The van der Waals surface area contributed by atoms with E-state index in [4.69, 9.17) is 17.9 Å². The van der Waals surface area contributed by atoms with Crippen LogP contribution in [0.2, 0.25) is 0 Å². The van der Waals surface area contributed by atoms with E-state index >= 15 is 0 Å². The third-order valence-electron chi connectivity index (χ3n) is 6.85. The van der Waals surface area contributed by atoms with Crippen molar-refractivity contribution in [1.82, 2.24) is 0 Å². The van der Waals surface area contributed by atoms with Gasteiger partial charge in [0.1, 0.15) is 31.7 Å². The number of benzene rings is 3. The third-order valence-corrected chi connectivity index (χ3v) is 9.47. The van der Waals surface area contributed by atoms with Crippen molar-refractivity contribution in [3.05, 3.63) is 102 Å². The van der Waals surface area contributed by atoms with Crippen LogP contribution in [0.1, 0.15) is 69.1 Å². The Balaban J connectivity index is 1.76. The highest BCUT2D eigenvalue weighted by Crippen LogP contribution is 2.45. The Morgan fingerprint density at radius 2 is 1.09 bits per heavy atom. The predicted octanol–water partition coefficient (Wildman–Crippen LogP) is 5.59. The molecule has 0 aliphatic carbocycles. The average molecular weight is 627 g/mol. The molecule has 4 rings (SSSR count). The minimum atomic E-state index is -4.73. The molecule has 0 amide bonds. The van der Waals surface area contributed by atoms with E-state index in [1.807, 2.05) is 84.9 Å². The minimum absolute atomic E-state index is 0.563. The van der Waals surface area contributed by atoms with E-state index < -0.39 is 21.0 Å². The number of hydrogen-bond acceptors (Lipinski definition) is 7. The van der Waals surface area contributed by atoms with Gasteiger partial charge in [0.05, 0.1) is 40.3 Å². The van der Waals surface area contributed by atoms with Crippen molar-refractivity contribution in [2.75, 3.05) is 20.3 Å².